The van der Waals surface area contributed by atoms with Gasteiger partial charge in [0.1, 0.15) is 23.2 Å². The number of pyridine rings is 2. The second kappa shape index (κ2) is 10.2. The van der Waals surface area contributed by atoms with E-state index in [9.17, 15) is 9.90 Å². The molecule has 1 saturated carbocycles. The Bertz CT molecular complexity index is 930. The summed E-state index contributed by atoms with van der Waals surface area (Å²) in [6.45, 7) is 4.90. The monoisotopic (exact) mass is 441 g/mol. The number of aromatic nitrogens is 2. The minimum atomic E-state index is -1.07. The predicted molar refractivity (Wildman–Crippen MR) is 120 cm³/mol. The number of anilines is 1. The SMILES string of the molecule is COc1cc(C2CN(c3cncc(OC[C@H]4CC[C@H](C)CC4)c3)CCO2)ncc1C(=O)O. The van der Waals surface area contributed by atoms with Crippen molar-refractivity contribution in [2.45, 2.75) is 38.7 Å². The van der Waals surface area contributed by atoms with Crippen LogP contribution >= 0.6 is 0 Å². The van der Waals surface area contributed by atoms with Crippen LogP contribution in [0.5, 0.6) is 11.5 Å². The molecule has 0 bridgehead atoms. The van der Waals surface area contributed by atoms with Gasteiger partial charge < -0.3 is 24.2 Å². The molecule has 0 radical (unpaired) electrons. The van der Waals surface area contributed by atoms with Crippen molar-refractivity contribution in [2.75, 3.05) is 38.3 Å². The topological polar surface area (TPSA) is 94.0 Å². The van der Waals surface area contributed by atoms with Gasteiger partial charge in [0.25, 0.3) is 0 Å². The van der Waals surface area contributed by atoms with Gasteiger partial charge in [0.2, 0.25) is 0 Å². The Morgan fingerprint density at radius 3 is 2.78 bits per heavy atom. The van der Waals surface area contributed by atoms with E-state index in [0.29, 0.717) is 24.8 Å². The Balaban J connectivity index is 1.41. The lowest BCUT2D eigenvalue weighted by Crippen LogP contribution is -2.38. The number of carboxylic acid groups (broad SMARTS) is 1. The lowest BCUT2D eigenvalue weighted by Gasteiger charge is -2.34. The fourth-order valence-electron chi connectivity index (χ4n) is 4.39. The molecule has 1 aliphatic heterocycles. The molecule has 1 aliphatic carbocycles. The Labute approximate surface area is 188 Å². The lowest BCUT2D eigenvalue weighted by molar-refractivity contribution is 0.0367. The third-order valence-corrected chi connectivity index (χ3v) is 6.42. The minimum absolute atomic E-state index is 0.0328. The first-order valence-corrected chi connectivity index (χ1v) is 11.2. The first kappa shape index (κ1) is 22.3. The highest BCUT2D eigenvalue weighted by Gasteiger charge is 2.26. The molecular formula is C24H31N3O5. The number of morpholine rings is 1. The lowest BCUT2D eigenvalue weighted by atomic mass is 9.83. The van der Waals surface area contributed by atoms with Gasteiger partial charge in [0.15, 0.2) is 0 Å². The molecule has 1 saturated heterocycles. The maximum Gasteiger partial charge on any atom is 0.341 e. The van der Waals surface area contributed by atoms with Crippen LogP contribution < -0.4 is 14.4 Å². The van der Waals surface area contributed by atoms with Crippen molar-refractivity contribution >= 4 is 11.7 Å². The van der Waals surface area contributed by atoms with E-state index in [4.69, 9.17) is 14.2 Å². The Hall–Kier alpha value is -2.87. The van der Waals surface area contributed by atoms with Crippen molar-refractivity contribution in [3.05, 3.63) is 42.0 Å². The molecule has 8 nitrogen and oxygen atoms in total. The fraction of sp³-hybridized carbons (Fsp3) is 0.542. The summed E-state index contributed by atoms with van der Waals surface area (Å²) in [6.07, 6.45) is 9.66. The summed E-state index contributed by atoms with van der Waals surface area (Å²) in [5.41, 5.74) is 1.65. The van der Waals surface area contributed by atoms with Gasteiger partial charge in [0, 0.05) is 24.9 Å². The molecule has 3 heterocycles. The van der Waals surface area contributed by atoms with E-state index in [1.165, 1.54) is 39.0 Å². The Morgan fingerprint density at radius 2 is 2.03 bits per heavy atom. The summed E-state index contributed by atoms with van der Waals surface area (Å²) in [4.78, 5) is 22.2. The summed E-state index contributed by atoms with van der Waals surface area (Å²) >= 11 is 0. The third-order valence-electron chi connectivity index (χ3n) is 6.42. The highest BCUT2D eigenvalue weighted by molar-refractivity contribution is 5.90. The van der Waals surface area contributed by atoms with E-state index in [2.05, 4.69) is 21.8 Å². The van der Waals surface area contributed by atoms with E-state index in [1.807, 2.05) is 12.3 Å². The van der Waals surface area contributed by atoms with Crippen LogP contribution in [0, 0.1) is 11.8 Å². The van der Waals surface area contributed by atoms with Crippen LogP contribution in [0.3, 0.4) is 0 Å². The smallest absolute Gasteiger partial charge is 0.341 e. The zero-order valence-corrected chi connectivity index (χ0v) is 18.7. The second-order valence-electron chi connectivity index (χ2n) is 8.74. The van der Waals surface area contributed by atoms with E-state index >= 15 is 0 Å². The van der Waals surface area contributed by atoms with Gasteiger partial charge in [-0.25, -0.2) is 4.79 Å². The number of carbonyl (C=O) groups is 1. The molecule has 1 N–H and O–H groups in total. The van der Waals surface area contributed by atoms with Crippen LogP contribution in [-0.4, -0.2) is 54.5 Å². The summed E-state index contributed by atoms with van der Waals surface area (Å²) in [7, 11) is 1.45. The number of aromatic carboxylic acids is 1. The van der Waals surface area contributed by atoms with Crippen molar-refractivity contribution in [1.82, 2.24) is 9.97 Å². The van der Waals surface area contributed by atoms with Crippen molar-refractivity contribution in [2.24, 2.45) is 11.8 Å². The van der Waals surface area contributed by atoms with Crippen molar-refractivity contribution in [3.63, 3.8) is 0 Å². The number of hydrogen-bond acceptors (Lipinski definition) is 7. The van der Waals surface area contributed by atoms with Gasteiger partial charge in [-0.15, -0.1) is 0 Å². The average Bonchev–Trinajstić information content (AvgIpc) is 2.83. The molecule has 1 unspecified atom stereocenters. The molecule has 1 atom stereocenters. The highest BCUT2D eigenvalue weighted by Crippen LogP contribution is 2.31. The minimum Gasteiger partial charge on any atom is -0.496 e. The zero-order chi connectivity index (χ0) is 22.5. The summed E-state index contributed by atoms with van der Waals surface area (Å²) in [5, 5.41) is 9.27. The van der Waals surface area contributed by atoms with Crippen LogP contribution in [0.25, 0.3) is 0 Å². The Kier molecular flexibility index (Phi) is 7.09. The normalized spacial score (nSPS) is 23.6. The number of methoxy groups -OCH3 is 1. The number of carboxylic acids is 1. The summed E-state index contributed by atoms with van der Waals surface area (Å²) in [6, 6.07) is 3.67. The van der Waals surface area contributed by atoms with Crippen molar-refractivity contribution in [3.8, 4) is 11.5 Å². The zero-order valence-electron chi connectivity index (χ0n) is 18.7. The van der Waals surface area contributed by atoms with Crippen LogP contribution in [0.2, 0.25) is 0 Å². The molecule has 4 rings (SSSR count). The third kappa shape index (κ3) is 5.30. The number of ether oxygens (including phenoxy) is 3. The van der Waals surface area contributed by atoms with Crippen LogP contribution in [0.15, 0.2) is 30.7 Å². The summed E-state index contributed by atoms with van der Waals surface area (Å²) < 4.78 is 17.2. The van der Waals surface area contributed by atoms with Crippen LogP contribution in [0.4, 0.5) is 5.69 Å². The van der Waals surface area contributed by atoms with Crippen LogP contribution in [0.1, 0.15) is 54.8 Å². The first-order valence-electron chi connectivity index (χ1n) is 11.2. The van der Waals surface area contributed by atoms with Gasteiger partial charge in [-0.05, 0) is 24.7 Å². The maximum atomic E-state index is 11.3. The standard InChI is InChI=1S/C24H31N3O5/c1-16-3-5-17(6-4-16)15-32-19-9-18(11-25-12-19)27-7-8-31-23(14-27)21-10-22(30-2)20(13-26-21)24(28)29/h9-13,16-17,23H,3-8,14-15H2,1-2H3,(H,28,29)/t16-,17-,23?. The average molecular weight is 442 g/mol. The molecule has 32 heavy (non-hydrogen) atoms. The molecular weight excluding hydrogens is 410 g/mol. The number of hydrogen-bond donors (Lipinski definition) is 1. The number of rotatable bonds is 7. The maximum absolute atomic E-state index is 11.3. The molecule has 2 aliphatic rings. The number of nitrogens with zero attached hydrogens (tertiary/aromatic N) is 3. The van der Waals surface area contributed by atoms with E-state index in [0.717, 1.165) is 30.5 Å². The van der Waals surface area contributed by atoms with Gasteiger partial charge in [-0.2, -0.15) is 0 Å². The molecule has 0 amide bonds. The largest absolute Gasteiger partial charge is 0.496 e. The first-order chi connectivity index (χ1) is 15.5. The van der Waals surface area contributed by atoms with Crippen molar-refractivity contribution in [1.29, 1.82) is 0 Å². The van der Waals surface area contributed by atoms with E-state index in [-0.39, 0.29) is 17.4 Å². The van der Waals surface area contributed by atoms with Gasteiger partial charge in [-0.3, -0.25) is 9.97 Å². The van der Waals surface area contributed by atoms with Gasteiger partial charge >= 0.3 is 5.97 Å². The van der Waals surface area contributed by atoms with E-state index in [1.54, 1.807) is 12.3 Å². The highest BCUT2D eigenvalue weighted by atomic mass is 16.5. The fourth-order valence-corrected chi connectivity index (χ4v) is 4.39. The van der Waals surface area contributed by atoms with Gasteiger partial charge in [0.05, 0.1) is 50.6 Å². The molecule has 2 aromatic heterocycles. The van der Waals surface area contributed by atoms with E-state index < -0.39 is 5.97 Å². The van der Waals surface area contributed by atoms with Crippen molar-refractivity contribution < 1.29 is 24.1 Å². The van der Waals surface area contributed by atoms with Crippen LogP contribution in [-0.2, 0) is 4.74 Å². The molecule has 2 aromatic rings. The molecule has 2 fully saturated rings. The second-order valence-corrected chi connectivity index (χ2v) is 8.74. The molecule has 8 heteroatoms. The van der Waals surface area contributed by atoms with Gasteiger partial charge in [-0.1, -0.05) is 19.8 Å². The Morgan fingerprint density at radius 1 is 1.22 bits per heavy atom. The molecule has 172 valence electrons. The summed E-state index contributed by atoms with van der Waals surface area (Å²) in [5.74, 6) is 1.45. The predicted octanol–water partition coefficient (Wildman–Crippen LogP) is 3.97. The molecule has 0 aromatic carbocycles. The quantitative estimate of drug-likeness (QED) is 0.690. The molecule has 0 spiro atoms.